The van der Waals surface area contributed by atoms with Crippen molar-refractivity contribution in [3.8, 4) is 0 Å². The Morgan fingerprint density at radius 2 is 1.80 bits per heavy atom. The van der Waals surface area contributed by atoms with E-state index in [-0.39, 0.29) is 24.0 Å². The van der Waals surface area contributed by atoms with Gasteiger partial charge in [0.05, 0.1) is 16.6 Å². The molecule has 1 saturated heterocycles. The lowest BCUT2D eigenvalue weighted by Crippen LogP contribution is -2.28. The zero-order valence-corrected chi connectivity index (χ0v) is 14.4. The maximum Gasteiger partial charge on any atom is 0.229 e. The van der Waals surface area contributed by atoms with Crippen LogP contribution in [0.2, 0.25) is 5.02 Å². The standard InChI is InChI=1S/C19H17ClN2O3/c1-12(23)13-6-8-15(9-7-13)22-11-14(10-18(22)24)19(25)21-17-5-3-2-4-16(17)20/h2-9,14H,10-11H2,1H3,(H,21,25). The molecule has 0 aromatic heterocycles. The predicted octanol–water partition coefficient (Wildman–Crippen LogP) is 3.53. The summed E-state index contributed by atoms with van der Waals surface area (Å²) in [7, 11) is 0. The van der Waals surface area contributed by atoms with Gasteiger partial charge in [-0.05, 0) is 43.3 Å². The average molecular weight is 357 g/mol. The van der Waals surface area contributed by atoms with Crippen molar-refractivity contribution in [3.05, 3.63) is 59.1 Å². The van der Waals surface area contributed by atoms with Crippen LogP contribution >= 0.6 is 11.6 Å². The van der Waals surface area contributed by atoms with Gasteiger partial charge >= 0.3 is 0 Å². The molecule has 1 atom stereocenters. The zero-order valence-electron chi connectivity index (χ0n) is 13.7. The van der Waals surface area contributed by atoms with E-state index in [1.165, 1.54) is 6.92 Å². The molecular weight excluding hydrogens is 340 g/mol. The number of carbonyl (C=O) groups excluding carboxylic acids is 3. The van der Waals surface area contributed by atoms with Crippen LogP contribution in [0.1, 0.15) is 23.7 Å². The third-order valence-electron chi connectivity index (χ3n) is 4.21. The van der Waals surface area contributed by atoms with Gasteiger partial charge < -0.3 is 10.2 Å². The van der Waals surface area contributed by atoms with Crippen molar-refractivity contribution >= 4 is 40.6 Å². The second-order valence-corrected chi connectivity index (χ2v) is 6.38. The molecule has 0 aliphatic carbocycles. The van der Waals surface area contributed by atoms with E-state index in [0.717, 1.165) is 0 Å². The summed E-state index contributed by atoms with van der Waals surface area (Å²) in [5.41, 5.74) is 1.80. The first-order valence-electron chi connectivity index (χ1n) is 7.92. The maximum absolute atomic E-state index is 12.4. The van der Waals surface area contributed by atoms with Crippen molar-refractivity contribution in [2.75, 3.05) is 16.8 Å². The molecule has 0 spiro atoms. The largest absolute Gasteiger partial charge is 0.324 e. The predicted molar refractivity (Wildman–Crippen MR) is 97.0 cm³/mol. The number of nitrogens with one attached hydrogen (secondary N) is 1. The van der Waals surface area contributed by atoms with Gasteiger partial charge in [-0.15, -0.1) is 0 Å². The van der Waals surface area contributed by atoms with E-state index in [4.69, 9.17) is 11.6 Å². The highest BCUT2D eigenvalue weighted by molar-refractivity contribution is 6.33. The molecule has 1 unspecified atom stereocenters. The third-order valence-corrected chi connectivity index (χ3v) is 4.54. The molecule has 1 N–H and O–H groups in total. The minimum Gasteiger partial charge on any atom is -0.324 e. The number of hydrogen-bond acceptors (Lipinski definition) is 3. The highest BCUT2D eigenvalue weighted by atomic mass is 35.5. The number of para-hydroxylation sites is 1. The molecule has 0 bridgehead atoms. The highest BCUT2D eigenvalue weighted by Crippen LogP contribution is 2.27. The normalized spacial score (nSPS) is 16.8. The number of rotatable bonds is 4. The minimum atomic E-state index is -0.448. The Hall–Kier alpha value is -2.66. The van der Waals surface area contributed by atoms with Crippen molar-refractivity contribution < 1.29 is 14.4 Å². The van der Waals surface area contributed by atoms with Crippen molar-refractivity contribution in [2.24, 2.45) is 5.92 Å². The van der Waals surface area contributed by atoms with Gasteiger partial charge in [-0.3, -0.25) is 14.4 Å². The van der Waals surface area contributed by atoms with Crippen LogP contribution in [0.3, 0.4) is 0 Å². The van der Waals surface area contributed by atoms with E-state index >= 15 is 0 Å². The van der Waals surface area contributed by atoms with Crippen molar-refractivity contribution in [1.82, 2.24) is 0 Å². The minimum absolute atomic E-state index is 0.0312. The fraction of sp³-hybridized carbons (Fsp3) is 0.211. The Morgan fingerprint density at radius 1 is 1.12 bits per heavy atom. The topological polar surface area (TPSA) is 66.5 Å². The number of anilines is 2. The first-order valence-corrected chi connectivity index (χ1v) is 8.30. The maximum atomic E-state index is 12.4. The molecule has 6 heteroatoms. The van der Waals surface area contributed by atoms with Crippen LogP contribution in [0.5, 0.6) is 0 Å². The monoisotopic (exact) mass is 356 g/mol. The fourth-order valence-electron chi connectivity index (χ4n) is 2.81. The molecule has 1 aliphatic heterocycles. The van der Waals surface area contributed by atoms with Gasteiger partial charge in [-0.2, -0.15) is 0 Å². The fourth-order valence-corrected chi connectivity index (χ4v) is 2.99. The van der Waals surface area contributed by atoms with Crippen molar-refractivity contribution in [1.29, 1.82) is 0 Å². The molecule has 5 nitrogen and oxygen atoms in total. The van der Waals surface area contributed by atoms with Crippen LogP contribution < -0.4 is 10.2 Å². The molecule has 25 heavy (non-hydrogen) atoms. The van der Waals surface area contributed by atoms with Gasteiger partial charge in [0.25, 0.3) is 0 Å². The molecule has 0 radical (unpaired) electrons. The van der Waals surface area contributed by atoms with Gasteiger partial charge in [-0.1, -0.05) is 23.7 Å². The summed E-state index contributed by atoms with van der Waals surface area (Å²) >= 11 is 6.05. The lowest BCUT2D eigenvalue weighted by atomic mass is 10.1. The molecule has 0 saturated carbocycles. The van der Waals surface area contributed by atoms with Gasteiger partial charge in [-0.25, -0.2) is 0 Å². The number of carbonyl (C=O) groups is 3. The smallest absolute Gasteiger partial charge is 0.229 e. The molecular formula is C19H17ClN2O3. The van der Waals surface area contributed by atoms with Crippen molar-refractivity contribution in [2.45, 2.75) is 13.3 Å². The van der Waals surface area contributed by atoms with E-state index in [1.807, 2.05) is 0 Å². The molecule has 1 aliphatic rings. The van der Waals surface area contributed by atoms with E-state index in [9.17, 15) is 14.4 Å². The van der Waals surface area contributed by atoms with Crippen LogP contribution in [-0.4, -0.2) is 24.1 Å². The molecule has 2 aromatic rings. The Kier molecular flexibility index (Phi) is 4.86. The molecule has 1 fully saturated rings. The molecule has 2 amide bonds. The van der Waals surface area contributed by atoms with Gasteiger partial charge in [0.2, 0.25) is 11.8 Å². The summed E-state index contributed by atoms with van der Waals surface area (Å²) in [6.07, 6.45) is 0.144. The molecule has 128 valence electrons. The first kappa shape index (κ1) is 17.2. The summed E-state index contributed by atoms with van der Waals surface area (Å²) in [4.78, 5) is 37.6. The van der Waals surface area contributed by atoms with E-state index < -0.39 is 5.92 Å². The molecule has 2 aromatic carbocycles. The van der Waals surface area contributed by atoms with Crippen LogP contribution in [-0.2, 0) is 9.59 Å². The van der Waals surface area contributed by atoms with E-state index in [1.54, 1.807) is 53.4 Å². The van der Waals surface area contributed by atoms with Gasteiger partial charge in [0.15, 0.2) is 5.78 Å². The van der Waals surface area contributed by atoms with Crippen LogP contribution in [0.25, 0.3) is 0 Å². The Morgan fingerprint density at radius 3 is 2.44 bits per heavy atom. The Labute approximate surface area is 150 Å². The van der Waals surface area contributed by atoms with Crippen LogP contribution in [0.4, 0.5) is 11.4 Å². The van der Waals surface area contributed by atoms with Crippen LogP contribution in [0, 0.1) is 5.92 Å². The molecule has 1 heterocycles. The Bertz CT molecular complexity index is 833. The van der Waals surface area contributed by atoms with Gasteiger partial charge in [0.1, 0.15) is 0 Å². The SMILES string of the molecule is CC(=O)c1ccc(N2CC(C(=O)Nc3ccccc3Cl)CC2=O)cc1. The number of amides is 2. The number of Topliss-reactive ketones (excluding diaryl/α,β-unsaturated/α-hetero) is 1. The average Bonchev–Trinajstić information content (AvgIpc) is 2.99. The van der Waals surface area contributed by atoms with Gasteiger partial charge in [0, 0.05) is 24.2 Å². The van der Waals surface area contributed by atoms with Crippen molar-refractivity contribution in [3.63, 3.8) is 0 Å². The summed E-state index contributed by atoms with van der Waals surface area (Å²) < 4.78 is 0. The lowest BCUT2D eigenvalue weighted by Gasteiger charge is -2.17. The quantitative estimate of drug-likeness (QED) is 0.852. The summed E-state index contributed by atoms with van der Waals surface area (Å²) in [6.45, 7) is 1.79. The number of benzene rings is 2. The number of ketones is 1. The van der Waals surface area contributed by atoms with Crippen LogP contribution in [0.15, 0.2) is 48.5 Å². The number of hydrogen-bond donors (Lipinski definition) is 1. The second-order valence-electron chi connectivity index (χ2n) is 5.98. The summed E-state index contributed by atoms with van der Waals surface area (Å²) in [5.74, 6) is -0.827. The summed E-state index contributed by atoms with van der Waals surface area (Å²) in [5, 5.41) is 3.23. The Balaban J connectivity index is 1.70. The lowest BCUT2D eigenvalue weighted by molar-refractivity contribution is -0.122. The first-order chi connectivity index (χ1) is 12.0. The van der Waals surface area contributed by atoms with E-state index in [2.05, 4.69) is 5.32 Å². The second kappa shape index (κ2) is 7.07. The number of nitrogens with zero attached hydrogens (tertiary/aromatic N) is 1. The highest BCUT2D eigenvalue weighted by Gasteiger charge is 2.35. The zero-order chi connectivity index (χ0) is 18.0. The molecule has 3 rings (SSSR count). The third kappa shape index (κ3) is 3.72. The number of halogens is 1. The van der Waals surface area contributed by atoms with E-state index in [0.29, 0.717) is 28.5 Å². The summed E-state index contributed by atoms with van der Waals surface area (Å²) in [6, 6.07) is 13.8.